The number of ether oxygens (including phenoxy) is 2. The molecule has 3 nitrogen and oxygen atoms in total. The first-order chi connectivity index (χ1) is 7.86. The minimum absolute atomic E-state index is 0.0342. The zero-order valence-electron chi connectivity index (χ0n) is 9.52. The van der Waals surface area contributed by atoms with E-state index >= 15 is 0 Å². The highest BCUT2D eigenvalue weighted by Gasteiger charge is 1.96. The van der Waals surface area contributed by atoms with Gasteiger partial charge in [-0.15, -0.1) is 0 Å². The molecule has 1 N–H and O–H groups in total. The molecule has 90 valence electrons. The minimum atomic E-state index is 0.0342. The van der Waals surface area contributed by atoms with E-state index in [1.54, 1.807) is 0 Å². The van der Waals surface area contributed by atoms with E-state index < -0.39 is 0 Å². The van der Waals surface area contributed by atoms with Crippen molar-refractivity contribution in [3.05, 3.63) is 24.3 Å². The zero-order chi connectivity index (χ0) is 11.6. The second-order valence-electron chi connectivity index (χ2n) is 3.09. The van der Waals surface area contributed by atoms with E-state index in [4.69, 9.17) is 14.6 Å². The third kappa shape index (κ3) is 5.28. The van der Waals surface area contributed by atoms with E-state index in [-0.39, 0.29) is 6.61 Å². The summed E-state index contributed by atoms with van der Waals surface area (Å²) >= 11 is 1.86. The predicted molar refractivity (Wildman–Crippen MR) is 67.5 cm³/mol. The topological polar surface area (TPSA) is 38.7 Å². The molecule has 0 aliphatic carbocycles. The number of rotatable bonds is 8. The van der Waals surface area contributed by atoms with Crippen LogP contribution in [0.5, 0.6) is 11.5 Å². The summed E-state index contributed by atoms with van der Waals surface area (Å²) in [5.74, 6) is 3.74. The molecular weight excluding hydrogens is 224 g/mol. The van der Waals surface area contributed by atoms with Gasteiger partial charge in [0.1, 0.15) is 18.1 Å². The van der Waals surface area contributed by atoms with Crippen LogP contribution in [0.2, 0.25) is 0 Å². The van der Waals surface area contributed by atoms with E-state index in [1.807, 2.05) is 36.0 Å². The first-order valence-corrected chi connectivity index (χ1v) is 6.56. The van der Waals surface area contributed by atoms with Gasteiger partial charge in [-0.1, -0.05) is 6.92 Å². The van der Waals surface area contributed by atoms with Crippen LogP contribution < -0.4 is 9.47 Å². The Labute approximate surface area is 101 Å². The van der Waals surface area contributed by atoms with Crippen LogP contribution in [0.15, 0.2) is 24.3 Å². The Balaban J connectivity index is 2.27. The molecule has 16 heavy (non-hydrogen) atoms. The molecule has 0 fully saturated rings. The number of benzene rings is 1. The SMILES string of the molecule is CCSCCOc1ccc(OCCO)cc1. The fourth-order valence-electron chi connectivity index (χ4n) is 1.16. The number of hydrogen-bond donors (Lipinski definition) is 1. The van der Waals surface area contributed by atoms with Crippen LogP contribution in [0.1, 0.15) is 6.92 Å². The number of hydrogen-bond acceptors (Lipinski definition) is 4. The van der Waals surface area contributed by atoms with Gasteiger partial charge in [-0.2, -0.15) is 11.8 Å². The summed E-state index contributed by atoms with van der Waals surface area (Å²) in [6.45, 7) is 3.23. The van der Waals surface area contributed by atoms with Gasteiger partial charge in [-0.25, -0.2) is 0 Å². The molecule has 1 aromatic rings. The third-order valence-corrected chi connectivity index (χ3v) is 2.75. The van der Waals surface area contributed by atoms with E-state index in [1.165, 1.54) is 0 Å². The normalized spacial score (nSPS) is 10.1. The molecule has 1 rings (SSSR count). The molecule has 0 radical (unpaired) electrons. The first kappa shape index (κ1) is 13.2. The maximum Gasteiger partial charge on any atom is 0.119 e. The Hall–Kier alpha value is -0.870. The standard InChI is InChI=1S/C12H18O3S/c1-2-16-10-9-15-12-5-3-11(4-6-12)14-8-7-13/h3-6,13H,2,7-10H2,1H3. The molecular formula is C12H18O3S. The summed E-state index contributed by atoms with van der Waals surface area (Å²) < 4.78 is 10.8. The van der Waals surface area contributed by atoms with Gasteiger partial charge in [0.15, 0.2) is 0 Å². The van der Waals surface area contributed by atoms with Crippen molar-refractivity contribution in [2.45, 2.75) is 6.92 Å². The lowest BCUT2D eigenvalue weighted by Gasteiger charge is -2.07. The number of aliphatic hydroxyl groups excluding tert-OH is 1. The van der Waals surface area contributed by atoms with Crippen molar-refractivity contribution in [2.24, 2.45) is 0 Å². The molecule has 0 saturated carbocycles. The van der Waals surface area contributed by atoms with E-state index in [0.717, 1.165) is 29.6 Å². The summed E-state index contributed by atoms with van der Waals surface area (Å²) in [5.41, 5.74) is 0. The summed E-state index contributed by atoms with van der Waals surface area (Å²) in [5, 5.41) is 8.60. The first-order valence-electron chi connectivity index (χ1n) is 5.41. The molecule has 0 atom stereocenters. The molecule has 0 aromatic heterocycles. The van der Waals surface area contributed by atoms with Crippen molar-refractivity contribution in [1.82, 2.24) is 0 Å². The van der Waals surface area contributed by atoms with Crippen molar-refractivity contribution >= 4 is 11.8 Å². The van der Waals surface area contributed by atoms with Gasteiger partial charge in [0.2, 0.25) is 0 Å². The van der Waals surface area contributed by atoms with Crippen molar-refractivity contribution in [3.8, 4) is 11.5 Å². The highest BCUT2D eigenvalue weighted by molar-refractivity contribution is 7.99. The van der Waals surface area contributed by atoms with Crippen LogP contribution in [0.4, 0.5) is 0 Å². The minimum Gasteiger partial charge on any atom is -0.493 e. The molecule has 0 aliphatic heterocycles. The fourth-order valence-corrected chi connectivity index (χ4v) is 1.65. The Morgan fingerprint density at radius 2 is 1.62 bits per heavy atom. The summed E-state index contributed by atoms with van der Waals surface area (Å²) in [4.78, 5) is 0. The van der Waals surface area contributed by atoms with Gasteiger partial charge >= 0.3 is 0 Å². The average molecular weight is 242 g/mol. The number of aliphatic hydroxyl groups is 1. The van der Waals surface area contributed by atoms with Crippen molar-refractivity contribution in [3.63, 3.8) is 0 Å². The van der Waals surface area contributed by atoms with Crippen LogP contribution in [-0.4, -0.2) is 36.4 Å². The lowest BCUT2D eigenvalue weighted by Crippen LogP contribution is -2.02. The molecule has 0 aliphatic rings. The maximum absolute atomic E-state index is 8.60. The van der Waals surface area contributed by atoms with E-state index in [0.29, 0.717) is 6.61 Å². The number of thioether (sulfide) groups is 1. The van der Waals surface area contributed by atoms with Gasteiger partial charge in [0.25, 0.3) is 0 Å². The summed E-state index contributed by atoms with van der Waals surface area (Å²) in [6.07, 6.45) is 0. The monoisotopic (exact) mass is 242 g/mol. The van der Waals surface area contributed by atoms with E-state index in [9.17, 15) is 0 Å². The predicted octanol–water partition coefficient (Wildman–Crippen LogP) is 2.19. The van der Waals surface area contributed by atoms with Crippen LogP contribution in [0.3, 0.4) is 0 Å². The average Bonchev–Trinajstić information content (AvgIpc) is 2.33. The van der Waals surface area contributed by atoms with Crippen LogP contribution in [-0.2, 0) is 0 Å². The Kier molecular flexibility index (Phi) is 6.85. The van der Waals surface area contributed by atoms with Gasteiger partial charge in [0, 0.05) is 5.75 Å². The molecule has 0 spiro atoms. The summed E-state index contributed by atoms with van der Waals surface area (Å²) in [6, 6.07) is 7.45. The highest BCUT2D eigenvalue weighted by atomic mass is 32.2. The lowest BCUT2D eigenvalue weighted by molar-refractivity contribution is 0.201. The Morgan fingerprint density at radius 1 is 1.06 bits per heavy atom. The molecule has 0 bridgehead atoms. The van der Waals surface area contributed by atoms with Gasteiger partial charge in [-0.05, 0) is 30.0 Å². The van der Waals surface area contributed by atoms with Crippen LogP contribution in [0.25, 0.3) is 0 Å². The van der Waals surface area contributed by atoms with Gasteiger partial charge in [-0.3, -0.25) is 0 Å². The van der Waals surface area contributed by atoms with Crippen molar-refractivity contribution in [2.75, 3.05) is 31.3 Å². The second-order valence-corrected chi connectivity index (χ2v) is 4.48. The molecule has 0 heterocycles. The Morgan fingerprint density at radius 3 is 2.12 bits per heavy atom. The quantitative estimate of drug-likeness (QED) is 0.709. The fraction of sp³-hybridized carbons (Fsp3) is 0.500. The lowest BCUT2D eigenvalue weighted by atomic mass is 10.3. The van der Waals surface area contributed by atoms with Gasteiger partial charge in [0.05, 0.1) is 13.2 Å². The smallest absolute Gasteiger partial charge is 0.119 e. The van der Waals surface area contributed by atoms with Gasteiger partial charge < -0.3 is 14.6 Å². The second kappa shape index (κ2) is 8.30. The van der Waals surface area contributed by atoms with Crippen molar-refractivity contribution < 1.29 is 14.6 Å². The summed E-state index contributed by atoms with van der Waals surface area (Å²) in [7, 11) is 0. The molecule has 0 unspecified atom stereocenters. The molecule has 0 saturated heterocycles. The molecule has 4 heteroatoms. The Bertz CT molecular complexity index is 274. The highest BCUT2D eigenvalue weighted by Crippen LogP contribution is 2.17. The maximum atomic E-state index is 8.60. The molecule has 1 aromatic carbocycles. The van der Waals surface area contributed by atoms with Crippen molar-refractivity contribution in [1.29, 1.82) is 0 Å². The van der Waals surface area contributed by atoms with Crippen LogP contribution in [0, 0.1) is 0 Å². The largest absolute Gasteiger partial charge is 0.493 e. The third-order valence-electron chi connectivity index (χ3n) is 1.88. The zero-order valence-corrected chi connectivity index (χ0v) is 10.3. The van der Waals surface area contributed by atoms with Crippen LogP contribution >= 0.6 is 11.8 Å². The van der Waals surface area contributed by atoms with E-state index in [2.05, 4.69) is 6.92 Å². The molecule has 0 amide bonds.